The van der Waals surface area contributed by atoms with E-state index in [4.69, 9.17) is 5.26 Å². The Kier molecular flexibility index (Phi) is 4.94. The molecule has 0 spiro atoms. The molecular formula is C15H17BrN4. The van der Waals surface area contributed by atoms with Crippen LogP contribution < -0.4 is 5.32 Å². The summed E-state index contributed by atoms with van der Waals surface area (Å²) in [6.45, 7) is 3.62. The molecule has 2 rings (SSSR count). The summed E-state index contributed by atoms with van der Waals surface area (Å²) in [7, 11) is 1.96. The standard InChI is InChI=1S/C15H17BrN4/c1-3-13-15(16)14(20(2)19-13)10-18-9-12-6-4-11(8-17)5-7-12/h4-7,18H,3,9-10H2,1-2H3. The first-order valence-corrected chi connectivity index (χ1v) is 7.35. The lowest BCUT2D eigenvalue weighted by Crippen LogP contribution is -2.15. The highest BCUT2D eigenvalue weighted by Gasteiger charge is 2.11. The zero-order chi connectivity index (χ0) is 14.5. The van der Waals surface area contributed by atoms with E-state index in [2.05, 4.69) is 39.3 Å². The van der Waals surface area contributed by atoms with Crippen LogP contribution in [0.25, 0.3) is 0 Å². The number of nitrogens with one attached hydrogen (secondary N) is 1. The summed E-state index contributed by atoms with van der Waals surface area (Å²) in [4.78, 5) is 0. The molecule has 5 heteroatoms. The maximum absolute atomic E-state index is 8.76. The van der Waals surface area contributed by atoms with Gasteiger partial charge in [0.1, 0.15) is 0 Å². The first-order valence-electron chi connectivity index (χ1n) is 6.55. The van der Waals surface area contributed by atoms with Crippen LogP contribution in [-0.2, 0) is 26.6 Å². The summed E-state index contributed by atoms with van der Waals surface area (Å²) < 4.78 is 3.00. The van der Waals surface area contributed by atoms with Crippen LogP contribution in [0, 0.1) is 11.3 Å². The number of rotatable bonds is 5. The molecule has 0 aliphatic rings. The van der Waals surface area contributed by atoms with E-state index in [0.29, 0.717) is 5.56 Å². The predicted molar refractivity (Wildman–Crippen MR) is 82.0 cm³/mol. The van der Waals surface area contributed by atoms with Gasteiger partial charge < -0.3 is 5.32 Å². The molecule has 0 radical (unpaired) electrons. The fourth-order valence-electron chi connectivity index (χ4n) is 2.03. The van der Waals surface area contributed by atoms with Gasteiger partial charge >= 0.3 is 0 Å². The zero-order valence-corrected chi connectivity index (χ0v) is 13.2. The summed E-state index contributed by atoms with van der Waals surface area (Å²) in [5.41, 5.74) is 4.09. The van der Waals surface area contributed by atoms with Gasteiger partial charge in [0, 0.05) is 20.1 Å². The summed E-state index contributed by atoms with van der Waals surface area (Å²) in [6, 6.07) is 9.75. The monoisotopic (exact) mass is 332 g/mol. The highest BCUT2D eigenvalue weighted by Crippen LogP contribution is 2.21. The van der Waals surface area contributed by atoms with Crippen molar-refractivity contribution in [1.29, 1.82) is 5.26 Å². The van der Waals surface area contributed by atoms with Crippen molar-refractivity contribution >= 4 is 15.9 Å². The molecule has 0 aliphatic heterocycles. The molecule has 1 heterocycles. The summed E-state index contributed by atoms with van der Waals surface area (Å²) in [5.74, 6) is 0. The van der Waals surface area contributed by atoms with Crippen molar-refractivity contribution in [3.63, 3.8) is 0 Å². The number of hydrogen-bond donors (Lipinski definition) is 1. The van der Waals surface area contributed by atoms with E-state index in [0.717, 1.165) is 40.9 Å². The Balaban J connectivity index is 1.96. The average molecular weight is 333 g/mol. The van der Waals surface area contributed by atoms with E-state index in [1.54, 1.807) is 0 Å². The molecule has 1 aromatic carbocycles. The molecular weight excluding hydrogens is 316 g/mol. The van der Waals surface area contributed by atoms with Crippen LogP contribution >= 0.6 is 15.9 Å². The van der Waals surface area contributed by atoms with Gasteiger partial charge in [-0.25, -0.2) is 0 Å². The van der Waals surface area contributed by atoms with E-state index in [1.165, 1.54) is 0 Å². The van der Waals surface area contributed by atoms with Crippen molar-refractivity contribution in [2.75, 3.05) is 0 Å². The topological polar surface area (TPSA) is 53.6 Å². The molecule has 1 aromatic heterocycles. The van der Waals surface area contributed by atoms with Gasteiger partial charge in [0.05, 0.1) is 27.5 Å². The maximum atomic E-state index is 8.76. The first-order chi connectivity index (χ1) is 9.65. The van der Waals surface area contributed by atoms with Gasteiger partial charge in [-0.2, -0.15) is 10.4 Å². The summed E-state index contributed by atoms with van der Waals surface area (Å²) in [6.07, 6.45) is 0.921. The van der Waals surface area contributed by atoms with Gasteiger partial charge in [-0.1, -0.05) is 19.1 Å². The molecule has 0 fully saturated rings. The molecule has 0 amide bonds. The number of nitriles is 1. The number of halogens is 1. The number of hydrogen-bond acceptors (Lipinski definition) is 3. The molecule has 2 aromatic rings. The second-order valence-electron chi connectivity index (χ2n) is 4.60. The van der Waals surface area contributed by atoms with Crippen LogP contribution in [0.15, 0.2) is 28.7 Å². The Morgan fingerprint density at radius 3 is 2.55 bits per heavy atom. The third-order valence-corrected chi connectivity index (χ3v) is 4.12. The van der Waals surface area contributed by atoms with Gasteiger partial charge in [0.15, 0.2) is 0 Å². The second kappa shape index (κ2) is 6.69. The summed E-state index contributed by atoms with van der Waals surface area (Å²) in [5, 5.41) is 16.6. The molecule has 1 N–H and O–H groups in total. The molecule has 104 valence electrons. The Labute approximate surface area is 127 Å². The molecule has 0 atom stereocenters. The molecule has 0 aliphatic carbocycles. The molecule has 0 unspecified atom stereocenters. The lowest BCUT2D eigenvalue weighted by Gasteiger charge is -2.06. The van der Waals surface area contributed by atoms with Crippen LogP contribution in [0.1, 0.15) is 29.4 Å². The second-order valence-corrected chi connectivity index (χ2v) is 5.39. The van der Waals surface area contributed by atoms with E-state index in [9.17, 15) is 0 Å². The molecule has 0 saturated carbocycles. The quantitative estimate of drug-likeness (QED) is 0.915. The smallest absolute Gasteiger partial charge is 0.0991 e. The Bertz CT molecular complexity index is 623. The molecule has 20 heavy (non-hydrogen) atoms. The minimum Gasteiger partial charge on any atom is -0.307 e. The minimum absolute atomic E-state index is 0.690. The SMILES string of the molecule is CCc1nn(C)c(CNCc2ccc(C#N)cc2)c1Br. The third-order valence-electron chi connectivity index (χ3n) is 3.21. The van der Waals surface area contributed by atoms with Crippen molar-refractivity contribution in [2.24, 2.45) is 7.05 Å². The highest BCUT2D eigenvalue weighted by molar-refractivity contribution is 9.10. The van der Waals surface area contributed by atoms with E-state index in [1.807, 2.05) is 36.0 Å². The van der Waals surface area contributed by atoms with Gasteiger partial charge in [-0.3, -0.25) is 4.68 Å². The Morgan fingerprint density at radius 1 is 1.30 bits per heavy atom. The lowest BCUT2D eigenvalue weighted by molar-refractivity contribution is 0.622. The number of nitrogens with zero attached hydrogens (tertiary/aromatic N) is 3. The molecule has 4 nitrogen and oxygen atoms in total. The number of aryl methyl sites for hydroxylation is 2. The summed E-state index contributed by atoms with van der Waals surface area (Å²) >= 11 is 3.61. The van der Waals surface area contributed by atoms with Gasteiger partial charge in [-0.05, 0) is 40.0 Å². The predicted octanol–water partition coefficient (Wildman–Crippen LogP) is 2.91. The third kappa shape index (κ3) is 3.27. The lowest BCUT2D eigenvalue weighted by atomic mass is 10.1. The van der Waals surface area contributed by atoms with Gasteiger partial charge in [0.25, 0.3) is 0 Å². The van der Waals surface area contributed by atoms with Crippen LogP contribution in [0.5, 0.6) is 0 Å². The van der Waals surface area contributed by atoms with E-state index < -0.39 is 0 Å². The minimum atomic E-state index is 0.690. The fourth-order valence-corrected chi connectivity index (χ4v) is 2.79. The van der Waals surface area contributed by atoms with Crippen LogP contribution in [0.4, 0.5) is 0 Å². The highest BCUT2D eigenvalue weighted by atomic mass is 79.9. The largest absolute Gasteiger partial charge is 0.307 e. The van der Waals surface area contributed by atoms with Crippen molar-refractivity contribution < 1.29 is 0 Å². The van der Waals surface area contributed by atoms with Crippen molar-refractivity contribution in [2.45, 2.75) is 26.4 Å². The number of aromatic nitrogens is 2. The van der Waals surface area contributed by atoms with E-state index in [-0.39, 0.29) is 0 Å². The van der Waals surface area contributed by atoms with Crippen LogP contribution in [-0.4, -0.2) is 9.78 Å². The Morgan fingerprint density at radius 2 is 2.00 bits per heavy atom. The normalized spacial score (nSPS) is 10.5. The van der Waals surface area contributed by atoms with Crippen LogP contribution in [0.3, 0.4) is 0 Å². The molecule has 0 bridgehead atoms. The van der Waals surface area contributed by atoms with Crippen LogP contribution in [0.2, 0.25) is 0 Å². The van der Waals surface area contributed by atoms with E-state index >= 15 is 0 Å². The first kappa shape index (κ1) is 14.8. The van der Waals surface area contributed by atoms with Crippen molar-refractivity contribution in [3.8, 4) is 6.07 Å². The molecule has 0 saturated heterocycles. The van der Waals surface area contributed by atoms with Crippen molar-refractivity contribution in [3.05, 3.63) is 51.3 Å². The number of benzene rings is 1. The Hall–Kier alpha value is -1.64. The fraction of sp³-hybridized carbons (Fsp3) is 0.333. The maximum Gasteiger partial charge on any atom is 0.0991 e. The average Bonchev–Trinajstić information content (AvgIpc) is 2.75. The van der Waals surface area contributed by atoms with Gasteiger partial charge in [0.2, 0.25) is 0 Å². The zero-order valence-electron chi connectivity index (χ0n) is 11.7. The van der Waals surface area contributed by atoms with Gasteiger partial charge in [-0.15, -0.1) is 0 Å². The van der Waals surface area contributed by atoms with Crippen molar-refractivity contribution in [1.82, 2.24) is 15.1 Å².